The number of H-pyrrole nitrogens is 1. The highest BCUT2D eigenvalue weighted by Gasteiger charge is 2.00. The van der Waals surface area contributed by atoms with Gasteiger partial charge in [0.15, 0.2) is 0 Å². The summed E-state index contributed by atoms with van der Waals surface area (Å²) in [5.41, 5.74) is 1.52. The van der Waals surface area contributed by atoms with Crippen LogP contribution in [0, 0.1) is 6.92 Å². The predicted octanol–water partition coefficient (Wildman–Crippen LogP) is 2.20. The van der Waals surface area contributed by atoms with Gasteiger partial charge in [-0.3, -0.25) is 5.10 Å². The summed E-state index contributed by atoms with van der Waals surface area (Å²) >= 11 is 1.65. The second kappa shape index (κ2) is 2.51. The molecule has 0 spiro atoms. The summed E-state index contributed by atoms with van der Waals surface area (Å²) < 4.78 is 0. The lowest BCUT2D eigenvalue weighted by Gasteiger charge is -1.83. The first-order valence-electron chi connectivity index (χ1n) is 3.21. The maximum atomic E-state index is 5.47. The van der Waals surface area contributed by atoms with Crippen LogP contribution in [-0.4, -0.2) is 10.2 Å². The van der Waals surface area contributed by atoms with Gasteiger partial charge in [-0.15, -0.1) is 11.3 Å². The number of nitrogens with zero attached hydrogens (tertiary/aromatic N) is 1. The summed E-state index contributed by atoms with van der Waals surface area (Å²) in [6, 6.07) is 5.83. The average Bonchev–Trinajstić information content (AvgIpc) is 2.55. The van der Waals surface area contributed by atoms with Gasteiger partial charge in [-0.2, -0.15) is 5.10 Å². The first-order chi connectivity index (χ1) is 5.36. The standard InChI is InChI=1S/C8H6N2S/c1-6-5-7(10-9-6)8-3-2-4-11-8/h1-5H,(H,9,10). The van der Waals surface area contributed by atoms with Crippen LogP contribution < -0.4 is 0 Å². The molecule has 0 saturated heterocycles. The number of nitrogens with one attached hydrogen (secondary N) is 1. The van der Waals surface area contributed by atoms with Crippen molar-refractivity contribution in [1.82, 2.24) is 10.2 Å². The van der Waals surface area contributed by atoms with E-state index in [1.165, 1.54) is 0 Å². The molecule has 2 radical (unpaired) electrons. The van der Waals surface area contributed by atoms with Crippen molar-refractivity contribution < 1.29 is 0 Å². The SMILES string of the molecule is [CH]c1cc(-c2cccs2)n[nH]1. The third-order valence-corrected chi connectivity index (χ3v) is 2.26. The fourth-order valence-electron chi connectivity index (χ4n) is 0.887. The van der Waals surface area contributed by atoms with E-state index >= 15 is 0 Å². The molecule has 1 N–H and O–H groups in total. The topological polar surface area (TPSA) is 28.7 Å². The molecule has 11 heavy (non-hydrogen) atoms. The van der Waals surface area contributed by atoms with Crippen molar-refractivity contribution >= 4 is 11.3 Å². The van der Waals surface area contributed by atoms with Crippen molar-refractivity contribution in [3.05, 3.63) is 36.2 Å². The second-order valence-electron chi connectivity index (χ2n) is 2.19. The molecule has 0 saturated carbocycles. The molecule has 54 valence electrons. The van der Waals surface area contributed by atoms with Crippen molar-refractivity contribution in [1.29, 1.82) is 0 Å². The molecule has 0 aromatic carbocycles. The summed E-state index contributed by atoms with van der Waals surface area (Å²) in [7, 11) is 0. The highest BCUT2D eigenvalue weighted by atomic mass is 32.1. The van der Waals surface area contributed by atoms with Crippen LogP contribution in [0.5, 0.6) is 0 Å². The van der Waals surface area contributed by atoms with Crippen molar-refractivity contribution in [3.8, 4) is 10.6 Å². The molecule has 0 aliphatic carbocycles. The summed E-state index contributed by atoms with van der Waals surface area (Å²) in [5.74, 6) is 0. The Bertz CT molecular complexity index is 335. The van der Waals surface area contributed by atoms with Crippen LogP contribution in [0.15, 0.2) is 23.6 Å². The Labute approximate surface area is 68.9 Å². The Morgan fingerprint density at radius 1 is 1.55 bits per heavy atom. The molecule has 2 aromatic rings. The van der Waals surface area contributed by atoms with Crippen LogP contribution in [0.2, 0.25) is 0 Å². The predicted molar refractivity (Wildman–Crippen MR) is 45.3 cm³/mol. The van der Waals surface area contributed by atoms with E-state index in [9.17, 15) is 0 Å². The minimum Gasteiger partial charge on any atom is -0.282 e. The number of thiophene rings is 1. The molecule has 2 nitrogen and oxygen atoms in total. The van der Waals surface area contributed by atoms with Gasteiger partial charge >= 0.3 is 0 Å². The Morgan fingerprint density at radius 2 is 2.45 bits per heavy atom. The molecular weight excluding hydrogens is 156 g/mol. The Hall–Kier alpha value is -1.09. The van der Waals surface area contributed by atoms with E-state index in [0.29, 0.717) is 5.69 Å². The molecule has 2 heterocycles. The lowest BCUT2D eigenvalue weighted by molar-refractivity contribution is 1.08. The van der Waals surface area contributed by atoms with Crippen molar-refractivity contribution in [3.63, 3.8) is 0 Å². The van der Waals surface area contributed by atoms with Gasteiger partial charge in [0.05, 0.1) is 4.88 Å². The highest BCUT2D eigenvalue weighted by molar-refractivity contribution is 7.13. The number of aromatic nitrogens is 2. The molecule has 2 rings (SSSR count). The zero-order valence-corrected chi connectivity index (χ0v) is 6.56. The molecule has 0 atom stereocenters. The zero-order chi connectivity index (χ0) is 7.68. The van der Waals surface area contributed by atoms with Crippen molar-refractivity contribution in [2.24, 2.45) is 0 Å². The van der Waals surface area contributed by atoms with Gasteiger partial charge in [-0.25, -0.2) is 0 Å². The van der Waals surface area contributed by atoms with Gasteiger partial charge in [0, 0.05) is 12.6 Å². The molecular formula is C8H6N2S. The first-order valence-corrected chi connectivity index (χ1v) is 4.09. The van der Waals surface area contributed by atoms with E-state index in [1.54, 1.807) is 11.3 Å². The minimum absolute atomic E-state index is 0.605. The van der Waals surface area contributed by atoms with Gasteiger partial charge in [-0.05, 0) is 17.5 Å². The number of rotatable bonds is 1. The molecule has 0 unspecified atom stereocenters. The maximum Gasteiger partial charge on any atom is 0.102 e. The van der Waals surface area contributed by atoms with E-state index < -0.39 is 0 Å². The van der Waals surface area contributed by atoms with Crippen LogP contribution >= 0.6 is 11.3 Å². The highest BCUT2D eigenvalue weighted by Crippen LogP contribution is 2.22. The molecule has 0 amide bonds. The summed E-state index contributed by atoms with van der Waals surface area (Å²) in [4.78, 5) is 1.14. The van der Waals surface area contributed by atoms with E-state index in [1.807, 2.05) is 23.6 Å². The Morgan fingerprint density at radius 3 is 3.00 bits per heavy atom. The van der Waals surface area contributed by atoms with E-state index in [2.05, 4.69) is 10.2 Å². The van der Waals surface area contributed by atoms with Crippen molar-refractivity contribution in [2.75, 3.05) is 0 Å². The normalized spacial score (nSPS) is 10.3. The molecule has 0 bridgehead atoms. The number of hydrogen-bond donors (Lipinski definition) is 1. The van der Waals surface area contributed by atoms with Crippen LogP contribution in [0.1, 0.15) is 5.69 Å². The minimum atomic E-state index is 0.605. The lowest BCUT2D eigenvalue weighted by Crippen LogP contribution is -1.70. The summed E-state index contributed by atoms with van der Waals surface area (Å²) in [6.45, 7) is 5.47. The fourth-order valence-corrected chi connectivity index (χ4v) is 1.57. The van der Waals surface area contributed by atoms with Gasteiger partial charge in [0.2, 0.25) is 0 Å². The lowest BCUT2D eigenvalue weighted by atomic mass is 10.3. The maximum absolute atomic E-state index is 5.47. The Kier molecular flexibility index (Phi) is 1.51. The zero-order valence-electron chi connectivity index (χ0n) is 5.74. The molecule has 0 aliphatic rings. The smallest absolute Gasteiger partial charge is 0.102 e. The largest absolute Gasteiger partial charge is 0.282 e. The van der Waals surface area contributed by atoms with Gasteiger partial charge in [-0.1, -0.05) is 6.07 Å². The summed E-state index contributed by atoms with van der Waals surface area (Å²) in [5, 5.41) is 8.72. The fraction of sp³-hybridized carbons (Fsp3) is 0. The monoisotopic (exact) mass is 162 g/mol. The quantitative estimate of drug-likeness (QED) is 0.684. The van der Waals surface area contributed by atoms with Gasteiger partial charge < -0.3 is 0 Å². The number of hydrogen-bond acceptors (Lipinski definition) is 2. The van der Waals surface area contributed by atoms with Crippen LogP contribution in [0.3, 0.4) is 0 Å². The Balaban J connectivity index is 2.45. The average molecular weight is 162 g/mol. The second-order valence-corrected chi connectivity index (χ2v) is 3.13. The van der Waals surface area contributed by atoms with Crippen molar-refractivity contribution in [2.45, 2.75) is 0 Å². The molecule has 2 aromatic heterocycles. The molecule has 3 heteroatoms. The van der Waals surface area contributed by atoms with Gasteiger partial charge in [0.25, 0.3) is 0 Å². The third-order valence-electron chi connectivity index (χ3n) is 1.37. The summed E-state index contributed by atoms with van der Waals surface area (Å²) in [6.07, 6.45) is 0. The first kappa shape index (κ1) is 6.61. The van der Waals surface area contributed by atoms with Crippen LogP contribution in [0.4, 0.5) is 0 Å². The van der Waals surface area contributed by atoms with E-state index in [-0.39, 0.29) is 0 Å². The molecule has 0 aliphatic heterocycles. The van der Waals surface area contributed by atoms with E-state index in [0.717, 1.165) is 10.6 Å². The van der Waals surface area contributed by atoms with Crippen LogP contribution in [-0.2, 0) is 0 Å². The molecule has 0 fully saturated rings. The number of aromatic amines is 1. The van der Waals surface area contributed by atoms with Crippen LogP contribution in [0.25, 0.3) is 10.6 Å². The van der Waals surface area contributed by atoms with E-state index in [4.69, 9.17) is 6.92 Å². The third kappa shape index (κ3) is 1.19. The van der Waals surface area contributed by atoms with Gasteiger partial charge in [0.1, 0.15) is 5.69 Å².